The molecule has 5 nitrogen and oxygen atoms in total. The Labute approximate surface area is 120 Å². The van der Waals surface area contributed by atoms with Crippen LogP contribution in [0.2, 0.25) is 5.02 Å². The summed E-state index contributed by atoms with van der Waals surface area (Å²) in [5, 5.41) is 3.05. The van der Waals surface area contributed by atoms with Crippen molar-refractivity contribution >= 4 is 29.2 Å². The van der Waals surface area contributed by atoms with E-state index in [0.717, 1.165) is 0 Å². The molecule has 2 rings (SSSR count). The van der Waals surface area contributed by atoms with Crippen molar-refractivity contribution in [1.29, 1.82) is 0 Å². The van der Waals surface area contributed by atoms with Gasteiger partial charge in [0.05, 0.1) is 0 Å². The maximum atomic E-state index is 11.7. The summed E-state index contributed by atoms with van der Waals surface area (Å²) < 4.78 is 0. The number of carbonyl (C=O) groups excluding carboxylic acids is 2. The number of amides is 3. The van der Waals surface area contributed by atoms with Crippen LogP contribution in [0.3, 0.4) is 0 Å². The molecule has 102 valence electrons. The zero-order valence-corrected chi connectivity index (χ0v) is 11.1. The van der Waals surface area contributed by atoms with Gasteiger partial charge in [-0.1, -0.05) is 35.9 Å². The number of halogens is 1. The number of urea groups is 1. The van der Waals surface area contributed by atoms with Crippen LogP contribution in [-0.4, -0.2) is 11.9 Å². The monoisotopic (exact) mass is 289 g/mol. The minimum atomic E-state index is -0.559. The highest BCUT2D eigenvalue weighted by atomic mass is 35.5. The van der Waals surface area contributed by atoms with Gasteiger partial charge in [-0.25, -0.2) is 10.2 Å². The summed E-state index contributed by atoms with van der Waals surface area (Å²) in [7, 11) is 0. The van der Waals surface area contributed by atoms with Crippen LogP contribution < -0.4 is 16.2 Å². The lowest BCUT2D eigenvalue weighted by molar-refractivity contribution is 0.0938. The molecule has 0 spiro atoms. The second-order valence-electron chi connectivity index (χ2n) is 3.91. The van der Waals surface area contributed by atoms with Crippen molar-refractivity contribution in [2.45, 2.75) is 0 Å². The molecule has 0 heterocycles. The molecule has 20 heavy (non-hydrogen) atoms. The zero-order valence-electron chi connectivity index (χ0n) is 10.4. The van der Waals surface area contributed by atoms with E-state index in [1.807, 2.05) is 0 Å². The predicted octanol–water partition coefficient (Wildman–Crippen LogP) is 2.81. The third-order valence-corrected chi connectivity index (χ3v) is 2.64. The summed E-state index contributed by atoms with van der Waals surface area (Å²) in [5.41, 5.74) is 5.54. The lowest BCUT2D eigenvalue weighted by Gasteiger charge is -2.09. The number of anilines is 1. The first-order valence-corrected chi connectivity index (χ1v) is 6.21. The standard InChI is InChI=1S/C14H12ClN3O2/c15-11-7-4-8-12(9-11)16-14(20)18-17-13(19)10-5-2-1-3-6-10/h1-9H,(H,17,19)(H2,16,18,20). The Morgan fingerprint density at radius 2 is 1.65 bits per heavy atom. The molecule has 0 saturated heterocycles. The molecule has 2 aromatic rings. The minimum Gasteiger partial charge on any atom is -0.307 e. The summed E-state index contributed by atoms with van der Waals surface area (Å²) in [6.45, 7) is 0. The Morgan fingerprint density at radius 3 is 2.35 bits per heavy atom. The summed E-state index contributed by atoms with van der Waals surface area (Å²) in [6.07, 6.45) is 0. The van der Waals surface area contributed by atoms with Gasteiger partial charge in [-0.15, -0.1) is 0 Å². The van der Waals surface area contributed by atoms with Crippen molar-refractivity contribution in [3.05, 3.63) is 65.2 Å². The fourth-order valence-electron chi connectivity index (χ4n) is 1.50. The molecule has 0 aromatic heterocycles. The predicted molar refractivity (Wildman–Crippen MR) is 77.5 cm³/mol. The summed E-state index contributed by atoms with van der Waals surface area (Å²) in [4.78, 5) is 23.3. The molecule has 0 radical (unpaired) electrons. The second kappa shape index (κ2) is 6.58. The second-order valence-corrected chi connectivity index (χ2v) is 4.35. The maximum absolute atomic E-state index is 11.7. The van der Waals surface area contributed by atoms with Gasteiger partial charge in [0.15, 0.2) is 0 Å². The zero-order chi connectivity index (χ0) is 14.4. The Morgan fingerprint density at radius 1 is 0.900 bits per heavy atom. The average Bonchev–Trinajstić information content (AvgIpc) is 2.46. The largest absolute Gasteiger partial charge is 0.337 e. The van der Waals surface area contributed by atoms with Gasteiger partial charge in [0.2, 0.25) is 0 Å². The molecule has 6 heteroatoms. The first-order chi connectivity index (χ1) is 9.65. The highest BCUT2D eigenvalue weighted by molar-refractivity contribution is 6.30. The lowest BCUT2D eigenvalue weighted by Crippen LogP contribution is -2.43. The quantitative estimate of drug-likeness (QED) is 0.744. The van der Waals surface area contributed by atoms with Crippen molar-refractivity contribution in [3.63, 3.8) is 0 Å². The van der Waals surface area contributed by atoms with Crippen molar-refractivity contribution in [3.8, 4) is 0 Å². The number of hydrogen-bond acceptors (Lipinski definition) is 2. The Hall–Kier alpha value is -2.53. The van der Waals surface area contributed by atoms with E-state index >= 15 is 0 Å². The number of hydrazine groups is 1. The molecule has 0 bridgehead atoms. The molecular formula is C14H12ClN3O2. The maximum Gasteiger partial charge on any atom is 0.337 e. The SMILES string of the molecule is O=C(NNC(=O)c1ccccc1)Nc1cccc(Cl)c1. The van der Waals surface area contributed by atoms with Crippen LogP contribution in [0.4, 0.5) is 10.5 Å². The van der Waals surface area contributed by atoms with Crippen molar-refractivity contribution < 1.29 is 9.59 Å². The lowest BCUT2D eigenvalue weighted by atomic mass is 10.2. The van der Waals surface area contributed by atoms with Crippen LogP contribution in [0.1, 0.15) is 10.4 Å². The molecule has 0 unspecified atom stereocenters. The van der Waals surface area contributed by atoms with Crippen LogP contribution in [0.5, 0.6) is 0 Å². The van der Waals surface area contributed by atoms with Gasteiger partial charge in [0.1, 0.15) is 0 Å². The van der Waals surface area contributed by atoms with Gasteiger partial charge in [0, 0.05) is 16.3 Å². The third kappa shape index (κ3) is 4.00. The van der Waals surface area contributed by atoms with E-state index in [0.29, 0.717) is 16.3 Å². The Balaban J connectivity index is 1.85. The van der Waals surface area contributed by atoms with E-state index in [1.165, 1.54) is 0 Å². The smallest absolute Gasteiger partial charge is 0.307 e. The Bertz CT molecular complexity index is 617. The fourth-order valence-corrected chi connectivity index (χ4v) is 1.69. The summed E-state index contributed by atoms with van der Waals surface area (Å²) in [6, 6.07) is 14.7. The van der Waals surface area contributed by atoms with E-state index in [-0.39, 0.29) is 0 Å². The first kappa shape index (κ1) is 13.9. The van der Waals surface area contributed by atoms with Crippen molar-refractivity contribution in [2.75, 3.05) is 5.32 Å². The number of nitrogens with one attached hydrogen (secondary N) is 3. The molecule has 2 aromatic carbocycles. The van der Waals surface area contributed by atoms with Crippen molar-refractivity contribution in [2.24, 2.45) is 0 Å². The highest BCUT2D eigenvalue weighted by Crippen LogP contribution is 2.14. The first-order valence-electron chi connectivity index (χ1n) is 5.83. The highest BCUT2D eigenvalue weighted by Gasteiger charge is 2.06. The van der Waals surface area contributed by atoms with E-state index in [2.05, 4.69) is 16.2 Å². The summed E-state index contributed by atoms with van der Waals surface area (Å²) >= 11 is 5.79. The van der Waals surface area contributed by atoms with Crippen LogP contribution >= 0.6 is 11.6 Å². The average molecular weight is 290 g/mol. The molecule has 3 amide bonds. The number of rotatable bonds is 2. The summed E-state index contributed by atoms with van der Waals surface area (Å²) in [5.74, 6) is -0.396. The molecule has 0 aliphatic carbocycles. The van der Waals surface area contributed by atoms with Crippen LogP contribution in [-0.2, 0) is 0 Å². The molecule has 0 saturated carbocycles. The van der Waals surface area contributed by atoms with Gasteiger partial charge in [0.25, 0.3) is 5.91 Å². The topological polar surface area (TPSA) is 70.2 Å². The molecule has 0 aliphatic rings. The normalized spacial score (nSPS) is 9.65. The van der Waals surface area contributed by atoms with E-state index in [9.17, 15) is 9.59 Å². The van der Waals surface area contributed by atoms with Crippen LogP contribution in [0.25, 0.3) is 0 Å². The number of hydrogen-bond donors (Lipinski definition) is 3. The molecule has 0 atom stereocenters. The van der Waals surface area contributed by atoms with E-state index < -0.39 is 11.9 Å². The third-order valence-electron chi connectivity index (χ3n) is 2.41. The van der Waals surface area contributed by atoms with Gasteiger partial charge >= 0.3 is 6.03 Å². The Kier molecular flexibility index (Phi) is 4.57. The number of carbonyl (C=O) groups is 2. The van der Waals surface area contributed by atoms with Crippen LogP contribution in [0.15, 0.2) is 54.6 Å². The van der Waals surface area contributed by atoms with Gasteiger partial charge in [-0.3, -0.25) is 10.2 Å². The number of benzene rings is 2. The van der Waals surface area contributed by atoms with Gasteiger partial charge in [-0.05, 0) is 30.3 Å². The van der Waals surface area contributed by atoms with Gasteiger partial charge in [-0.2, -0.15) is 0 Å². The van der Waals surface area contributed by atoms with E-state index in [1.54, 1.807) is 54.6 Å². The van der Waals surface area contributed by atoms with E-state index in [4.69, 9.17) is 11.6 Å². The van der Waals surface area contributed by atoms with Crippen LogP contribution in [0, 0.1) is 0 Å². The van der Waals surface area contributed by atoms with Gasteiger partial charge < -0.3 is 5.32 Å². The molecule has 0 fully saturated rings. The van der Waals surface area contributed by atoms with Crippen molar-refractivity contribution in [1.82, 2.24) is 10.9 Å². The minimum absolute atomic E-state index is 0.396. The molecule has 0 aliphatic heterocycles. The molecular weight excluding hydrogens is 278 g/mol. The molecule has 3 N–H and O–H groups in total. The fraction of sp³-hybridized carbons (Fsp3) is 0.